The zero-order valence-corrected chi connectivity index (χ0v) is 23.9. The van der Waals surface area contributed by atoms with Crippen molar-refractivity contribution in [2.75, 3.05) is 0 Å². The van der Waals surface area contributed by atoms with E-state index in [2.05, 4.69) is 125 Å². The lowest BCUT2D eigenvalue weighted by Gasteiger charge is -2.15. The summed E-state index contributed by atoms with van der Waals surface area (Å²) in [5.74, 6) is 0. The van der Waals surface area contributed by atoms with Crippen LogP contribution in [0, 0.1) is 0 Å². The highest BCUT2D eigenvalue weighted by Gasteiger charge is 2.14. The Hall–Kier alpha value is -5.93. The van der Waals surface area contributed by atoms with Crippen molar-refractivity contribution < 1.29 is 0 Å². The lowest BCUT2D eigenvalue weighted by molar-refractivity contribution is 1.26. The minimum atomic E-state index is 0.882. The molecule has 8 rings (SSSR count). The van der Waals surface area contributed by atoms with E-state index in [1.54, 1.807) is 12.4 Å². The summed E-state index contributed by atoms with van der Waals surface area (Å²) < 4.78 is 0. The van der Waals surface area contributed by atoms with E-state index in [1.165, 1.54) is 43.8 Å². The first-order chi connectivity index (χ1) is 21.8. The molecule has 0 fully saturated rings. The van der Waals surface area contributed by atoms with E-state index in [9.17, 15) is 0 Å². The number of hydrogen-bond donors (Lipinski definition) is 0. The maximum atomic E-state index is 4.98. The van der Waals surface area contributed by atoms with Crippen LogP contribution in [-0.2, 0) is 0 Å². The molecular weight excluding hydrogens is 534 g/mol. The second-order valence-electron chi connectivity index (χ2n) is 10.9. The molecule has 206 valence electrons. The third-order valence-corrected chi connectivity index (χ3v) is 8.25. The Morgan fingerprint density at radius 3 is 1.57 bits per heavy atom. The van der Waals surface area contributed by atoms with Crippen molar-refractivity contribution in [2.45, 2.75) is 0 Å². The van der Waals surface area contributed by atoms with Gasteiger partial charge in [0.2, 0.25) is 0 Å². The Morgan fingerprint density at radius 1 is 0.341 bits per heavy atom. The van der Waals surface area contributed by atoms with Crippen LogP contribution < -0.4 is 0 Å². The van der Waals surface area contributed by atoms with E-state index in [1.807, 2.05) is 36.7 Å². The molecule has 0 bridgehead atoms. The van der Waals surface area contributed by atoms with E-state index in [-0.39, 0.29) is 0 Å². The molecular formula is C41H27N3. The molecule has 3 aromatic heterocycles. The van der Waals surface area contributed by atoms with Crippen LogP contribution in [0.15, 0.2) is 164 Å². The highest BCUT2D eigenvalue weighted by Crippen LogP contribution is 2.40. The molecule has 3 heterocycles. The summed E-state index contributed by atoms with van der Waals surface area (Å²) in [6.45, 7) is 0. The van der Waals surface area contributed by atoms with Crippen LogP contribution >= 0.6 is 0 Å². The molecule has 3 nitrogen and oxygen atoms in total. The molecule has 44 heavy (non-hydrogen) atoms. The van der Waals surface area contributed by atoms with Crippen LogP contribution in [0.4, 0.5) is 0 Å². The standard InChI is InChI=1S/C41H27N3/c1-2-13-35-30(9-1)23-39(38-16-6-5-14-36(35)38)37-15-4-3-12-34(37)29-19-17-28(18-20-29)33-24-40(31-10-7-21-42-26-31)44-41(25-33)32-11-8-22-43-27-32/h1-27H. The normalized spacial score (nSPS) is 11.2. The molecule has 0 aliphatic rings. The minimum absolute atomic E-state index is 0.882. The maximum absolute atomic E-state index is 4.98. The molecule has 0 aliphatic heterocycles. The Kier molecular flexibility index (Phi) is 6.47. The Bertz CT molecular complexity index is 2200. The van der Waals surface area contributed by atoms with Crippen molar-refractivity contribution in [1.82, 2.24) is 15.0 Å². The van der Waals surface area contributed by atoms with Gasteiger partial charge in [-0.05, 0) is 97.4 Å². The summed E-state index contributed by atoms with van der Waals surface area (Å²) >= 11 is 0. The average Bonchev–Trinajstić information content (AvgIpc) is 3.12. The van der Waals surface area contributed by atoms with Gasteiger partial charge in [-0.3, -0.25) is 9.97 Å². The second-order valence-corrected chi connectivity index (χ2v) is 10.9. The number of fused-ring (bicyclic) bond motifs is 3. The van der Waals surface area contributed by atoms with Crippen molar-refractivity contribution in [3.05, 3.63) is 164 Å². The SMILES string of the molecule is c1cncc(-c2cc(-c3ccc(-c4ccccc4-c4cc5ccccc5c5ccccc45)cc3)cc(-c3cccnc3)n2)c1. The number of benzene rings is 5. The monoisotopic (exact) mass is 561 g/mol. The Morgan fingerprint density at radius 2 is 0.909 bits per heavy atom. The summed E-state index contributed by atoms with van der Waals surface area (Å²) in [4.78, 5) is 13.6. The summed E-state index contributed by atoms with van der Waals surface area (Å²) in [6, 6.07) is 49.6. The van der Waals surface area contributed by atoms with Gasteiger partial charge in [-0.2, -0.15) is 0 Å². The van der Waals surface area contributed by atoms with Crippen LogP contribution in [0.2, 0.25) is 0 Å². The second kappa shape index (κ2) is 11.0. The first kappa shape index (κ1) is 25.8. The van der Waals surface area contributed by atoms with Crippen molar-refractivity contribution in [3.63, 3.8) is 0 Å². The van der Waals surface area contributed by atoms with Gasteiger partial charge in [0, 0.05) is 35.9 Å². The van der Waals surface area contributed by atoms with Gasteiger partial charge in [0.05, 0.1) is 11.4 Å². The van der Waals surface area contributed by atoms with Crippen LogP contribution in [0.1, 0.15) is 0 Å². The molecule has 0 atom stereocenters. The molecule has 0 saturated carbocycles. The number of aromatic nitrogens is 3. The quantitative estimate of drug-likeness (QED) is 0.196. The zero-order chi connectivity index (χ0) is 29.3. The van der Waals surface area contributed by atoms with E-state index in [0.29, 0.717) is 0 Å². The van der Waals surface area contributed by atoms with Crippen LogP contribution in [0.3, 0.4) is 0 Å². The van der Waals surface area contributed by atoms with Gasteiger partial charge in [0.1, 0.15) is 0 Å². The lowest BCUT2D eigenvalue weighted by Crippen LogP contribution is -1.92. The molecule has 0 radical (unpaired) electrons. The number of pyridine rings is 3. The first-order valence-corrected chi connectivity index (χ1v) is 14.8. The van der Waals surface area contributed by atoms with Crippen molar-refractivity contribution in [3.8, 4) is 55.9 Å². The summed E-state index contributed by atoms with van der Waals surface area (Å²) in [7, 11) is 0. The lowest BCUT2D eigenvalue weighted by atomic mass is 9.88. The van der Waals surface area contributed by atoms with Gasteiger partial charge in [-0.25, -0.2) is 4.98 Å². The summed E-state index contributed by atoms with van der Waals surface area (Å²) in [6.07, 6.45) is 7.28. The van der Waals surface area contributed by atoms with E-state index in [4.69, 9.17) is 4.98 Å². The fourth-order valence-electron chi connectivity index (χ4n) is 6.11. The van der Waals surface area contributed by atoms with Crippen molar-refractivity contribution in [2.24, 2.45) is 0 Å². The van der Waals surface area contributed by atoms with E-state index in [0.717, 1.165) is 33.6 Å². The smallest absolute Gasteiger partial charge is 0.0731 e. The molecule has 0 unspecified atom stereocenters. The fraction of sp³-hybridized carbons (Fsp3) is 0. The highest BCUT2D eigenvalue weighted by molar-refractivity contribution is 6.14. The molecule has 5 aromatic carbocycles. The van der Waals surface area contributed by atoms with E-state index >= 15 is 0 Å². The molecule has 0 aliphatic carbocycles. The maximum Gasteiger partial charge on any atom is 0.0731 e. The molecule has 0 amide bonds. The van der Waals surface area contributed by atoms with Crippen molar-refractivity contribution in [1.29, 1.82) is 0 Å². The predicted octanol–water partition coefficient (Wildman–Crippen LogP) is 10.5. The zero-order valence-electron chi connectivity index (χ0n) is 23.9. The third kappa shape index (κ3) is 4.71. The minimum Gasteiger partial charge on any atom is -0.264 e. The predicted molar refractivity (Wildman–Crippen MR) is 182 cm³/mol. The topological polar surface area (TPSA) is 38.7 Å². The van der Waals surface area contributed by atoms with Gasteiger partial charge in [0.25, 0.3) is 0 Å². The molecule has 8 aromatic rings. The van der Waals surface area contributed by atoms with Gasteiger partial charge in [0.15, 0.2) is 0 Å². The Balaban J connectivity index is 1.24. The summed E-state index contributed by atoms with van der Waals surface area (Å²) in [5.41, 5.74) is 10.8. The van der Waals surface area contributed by atoms with E-state index < -0.39 is 0 Å². The number of hydrogen-bond acceptors (Lipinski definition) is 3. The van der Waals surface area contributed by atoms with Crippen LogP contribution in [0.5, 0.6) is 0 Å². The van der Waals surface area contributed by atoms with Gasteiger partial charge >= 0.3 is 0 Å². The third-order valence-electron chi connectivity index (χ3n) is 8.25. The molecule has 3 heteroatoms. The van der Waals surface area contributed by atoms with Crippen LogP contribution in [0.25, 0.3) is 77.4 Å². The highest BCUT2D eigenvalue weighted by atomic mass is 14.7. The molecule has 0 N–H and O–H groups in total. The summed E-state index contributed by atoms with van der Waals surface area (Å²) in [5, 5.41) is 5.07. The molecule has 0 saturated heterocycles. The molecule has 0 spiro atoms. The van der Waals surface area contributed by atoms with Gasteiger partial charge < -0.3 is 0 Å². The largest absolute Gasteiger partial charge is 0.264 e. The number of nitrogens with zero attached hydrogens (tertiary/aromatic N) is 3. The van der Waals surface area contributed by atoms with Gasteiger partial charge in [-0.15, -0.1) is 0 Å². The number of rotatable bonds is 5. The average molecular weight is 562 g/mol. The van der Waals surface area contributed by atoms with Crippen molar-refractivity contribution >= 4 is 21.5 Å². The fourth-order valence-corrected chi connectivity index (χ4v) is 6.11. The van der Waals surface area contributed by atoms with Gasteiger partial charge in [-0.1, -0.05) is 97.1 Å². The Labute approximate surface area is 256 Å². The van der Waals surface area contributed by atoms with Crippen LogP contribution in [-0.4, -0.2) is 15.0 Å². The first-order valence-electron chi connectivity index (χ1n) is 14.8.